The molecule has 4 heteroatoms. The third-order valence-corrected chi connectivity index (χ3v) is 4.40. The van der Waals surface area contributed by atoms with E-state index in [4.69, 9.17) is 5.73 Å². The van der Waals surface area contributed by atoms with Crippen LogP contribution in [0.15, 0.2) is 24.3 Å². The second kappa shape index (κ2) is 4.86. The number of nitrogens with zero attached hydrogens (tertiary/aromatic N) is 1. The molecule has 0 saturated carbocycles. The normalized spacial score (nSPS) is 28.2. The molecular formula is C16H23N3O. The molecule has 1 amide bonds. The Morgan fingerprint density at radius 1 is 1.20 bits per heavy atom. The van der Waals surface area contributed by atoms with Crippen molar-refractivity contribution in [2.24, 2.45) is 5.73 Å². The molecule has 0 bridgehead atoms. The summed E-state index contributed by atoms with van der Waals surface area (Å²) in [5.74, 6) is 0.105. The number of rotatable bonds is 1. The molecule has 3 rings (SSSR count). The molecule has 0 radical (unpaired) electrons. The zero-order valence-electron chi connectivity index (χ0n) is 12.2. The van der Waals surface area contributed by atoms with Gasteiger partial charge in [-0.25, -0.2) is 0 Å². The maximum Gasteiger partial charge on any atom is 0.243 e. The van der Waals surface area contributed by atoms with Crippen LogP contribution < -0.4 is 11.1 Å². The van der Waals surface area contributed by atoms with E-state index in [9.17, 15) is 4.79 Å². The molecule has 0 aromatic heterocycles. The van der Waals surface area contributed by atoms with E-state index >= 15 is 0 Å². The van der Waals surface area contributed by atoms with Crippen LogP contribution in [0.4, 0.5) is 0 Å². The number of amides is 1. The van der Waals surface area contributed by atoms with Crippen LogP contribution in [0.5, 0.6) is 0 Å². The zero-order valence-corrected chi connectivity index (χ0v) is 12.2. The Bertz CT molecular complexity index is 493. The van der Waals surface area contributed by atoms with Crippen LogP contribution in [0, 0.1) is 0 Å². The van der Waals surface area contributed by atoms with Gasteiger partial charge < -0.3 is 16.0 Å². The van der Waals surface area contributed by atoms with Gasteiger partial charge in [-0.05, 0) is 37.8 Å². The fourth-order valence-electron chi connectivity index (χ4n) is 3.60. The lowest BCUT2D eigenvalue weighted by atomic mass is 9.94. The van der Waals surface area contributed by atoms with E-state index in [1.807, 2.05) is 17.0 Å². The Balaban J connectivity index is 1.78. The lowest BCUT2D eigenvalue weighted by Gasteiger charge is -2.39. The quantitative estimate of drug-likeness (QED) is 0.791. The van der Waals surface area contributed by atoms with Crippen molar-refractivity contribution in [1.82, 2.24) is 10.2 Å². The van der Waals surface area contributed by atoms with Crippen molar-refractivity contribution in [3.05, 3.63) is 35.4 Å². The average molecular weight is 273 g/mol. The number of nitrogens with one attached hydrogen (secondary N) is 1. The van der Waals surface area contributed by atoms with Gasteiger partial charge in [-0.3, -0.25) is 4.79 Å². The van der Waals surface area contributed by atoms with Crippen molar-refractivity contribution in [3.8, 4) is 0 Å². The summed E-state index contributed by atoms with van der Waals surface area (Å²) in [4.78, 5) is 14.8. The van der Waals surface area contributed by atoms with Crippen molar-refractivity contribution in [1.29, 1.82) is 0 Å². The number of nitrogens with two attached hydrogens (primary N) is 1. The van der Waals surface area contributed by atoms with E-state index in [0.717, 1.165) is 13.1 Å². The van der Waals surface area contributed by atoms with Crippen molar-refractivity contribution >= 4 is 5.91 Å². The largest absolute Gasteiger partial charge is 0.338 e. The van der Waals surface area contributed by atoms with Gasteiger partial charge in [-0.1, -0.05) is 24.3 Å². The Hall–Kier alpha value is -1.39. The minimum Gasteiger partial charge on any atom is -0.338 e. The number of hydrogen-bond acceptors (Lipinski definition) is 3. The molecule has 20 heavy (non-hydrogen) atoms. The van der Waals surface area contributed by atoms with Crippen molar-refractivity contribution < 1.29 is 4.79 Å². The number of carbonyl (C=O) groups is 1. The third-order valence-electron chi connectivity index (χ3n) is 4.40. The lowest BCUT2D eigenvalue weighted by molar-refractivity contribution is -0.138. The molecule has 1 aromatic rings. The fraction of sp³-hybridized carbons (Fsp3) is 0.562. The topological polar surface area (TPSA) is 58.4 Å². The van der Waals surface area contributed by atoms with Gasteiger partial charge in [-0.15, -0.1) is 0 Å². The molecule has 108 valence electrons. The van der Waals surface area contributed by atoms with E-state index < -0.39 is 5.54 Å². The Morgan fingerprint density at radius 2 is 1.70 bits per heavy atom. The van der Waals surface area contributed by atoms with Crippen molar-refractivity contribution in [2.45, 2.75) is 44.3 Å². The second-order valence-electron chi connectivity index (χ2n) is 6.46. The van der Waals surface area contributed by atoms with Crippen molar-refractivity contribution in [3.63, 3.8) is 0 Å². The predicted molar refractivity (Wildman–Crippen MR) is 79.4 cm³/mol. The number of hydrogen-bond donors (Lipinski definition) is 2. The molecule has 0 unspecified atom stereocenters. The minimum absolute atomic E-state index is 0.105. The molecule has 2 atom stereocenters. The summed E-state index contributed by atoms with van der Waals surface area (Å²) in [5.41, 5.74) is 8.16. The van der Waals surface area contributed by atoms with Gasteiger partial charge in [-0.2, -0.15) is 0 Å². The van der Waals surface area contributed by atoms with Crippen LogP contribution in [-0.4, -0.2) is 41.5 Å². The van der Waals surface area contributed by atoms with Crippen LogP contribution in [0.25, 0.3) is 0 Å². The molecule has 4 nitrogen and oxygen atoms in total. The maximum absolute atomic E-state index is 12.9. The van der Waals surface area contributed by atoms with Gasteiger partial charge in [0.15, 0.2) is 0 Å². The zero-order chi connectivity index (χ0) is 14.3. The second-order valence-corrected chi connectivity index (χ2v) is 6.46. The highest BCUT2D eigenvalue weighted by atomic mass is 16.2. The first-order valence-corrected chi connectivity index (χ1v) is 7.39. The first kappa shape index (κ1) is 13.6. The van der Waals surface area contributed by atoms with Gasteiger partial charge >= 0.3 is 0 Å². The summed E-state index contributed by atoms with van der Waals surface area (Å²) in [6.45, 7) is 5.72. The first-order valence-electron chi connectivity index (χ1n) is 7.39. The number of fused-ring (bicyclic) bond motifs is 1. The molecule has 1 saturated heterocycles. The minimum atomic E-state index is -0.750. The monoisotopic (exact) mass is 273 g/mol. The summed E-state index contributed by atoms with van der Waals surface area (Å²) in [7, 11) is 0. The van der Waals surface area contributed by atoms with Gasteiger partial charge in [0.05, 0.1) is 0 Å². The van der Waals surface area contributed by atoms with Gasteiger partial charge in [0.2, 0.25) is 5.91 Å². The SMILES string of the molecule is C[C@@H]1CN(C(=O)C2(N)Cc3ccccc3C2)C[C@@H](C)N1. The number of carbonyl (C=O) groups excluding carboxylic acids is 1. The Kier molecular flexibility index (Phi) is 3.30. The van der Waals surface area contributed by atoms with E-state index in [-0.39, 0.29) is 5.91 Å². The first-order chi connectivity index (χ1) is 9.48. The lowest BCUT2D eigenvalue weighted by Crippen LogP contribution is -2.63. The van der Waals surface area contributed by atoms with E-state index in [1.54, 1.807) is 0 Å². The van der Waals surface area contributed by atoms with Crippen LogP contribution in [-0.2, 0) is 17.6 Å². The maximum atomic E-state index is 12.9. The third kappa shape index (κ3) is 2.34. The molecular weight excluding hydrogens is 250 g/mol. The Morgan fingerprint density at radius 3 is 2.20 bits per heavy atom. The summed E-state index contributed by atoms with van der Waals surface area (Å²) >= 11 is 0. The van der Waals surface area contributed by atoms with E-state index in [1.165, 1.54) is 11.1 Å². The highest BCUT2D eigenvalue weighted by Gasteiger charge is 2.43. The molecule has 2 aliphatic rings. The van der Waals surface area contributed by atoms with Gasteiger partial charge in [0.25, 0.3) is 0 Å². The average Bonchev–Trinajstić information content (AvgIpc) is 2.74. The molecule has 1 aromatic carbocycles. The van der Waals surface area contributed by atoms with E-state index in [2.05, 4.69) is 31.3 Å². The predicted octanol–water partition coefficient (Wildman–Crippen LogP) is 0.692. The smallest absolute Gasteiger partial charge is 0.243 e. The van der Waals surface area contributed by atoms with Gasteiger partial charge in [0, 0.05) is 25.2 Å². The molecule has 1 aliphatic carbocycles. The Labute approximate surface area is 120 Å². The highest BCUT2D eigenvalue weighted by molar-refractivity contribution is 5.88. The number of benzene rings is 1. The van der Waals surface area contributed by atoms with Gasteiger partial charge in [0.1, 0.15) is 5.54 Å². The van der Waals surface area contributed by atoms with Crippen LogP contribution in [0.3, 0.4) is 0 Å². The standard InChI is InChI=1S/C16H23N3O/c1-11-9-19(10-12(2)18-11)15(20)16(17)7-13-5-3-4-6-14(13)8-16/h3-6,11-12,18H,7-10,17H2,1-2H3/t11-,12-/m1/s1. The van der Waals surface area contributed by atoms with Crippen LogP contribution in [0.2, 0.25) is 0 Å². The molecule has 1 fully saturated rings. The summed E-state index contributed by atoms with van der Waals surface area (Å²) < 4.78 is 0. The number of piperazine rings is 1. The van der Waals surface area contributed by atoms with Crippen LogP contribution >= 0.6 is 0 Å². The molecule has 3 N–H and O–H groups in total. The van der Waals surface area contributed by atoms with E-state index in [0.29, 0.717) is 24.9 Å². The molecule has 1 aliphatic heterocycles. The summed E-state index contributed by atoms with van der Waals surface area (Å²) in [6, 6.07) is 8.86. The molecule has 0 spiro atoms. The summed E-state index contributed by atoms with van der Waals surface area (Å²) in [6.07, 6.45) is 1.32. The fourth-order valence-corrected chi connectivity index (χ4v) is 3.60. The van der Waals surface area contributed by atoms with Crippen molar-refractivity contribution in [2.75, 3.05) is 13.1 Å². The summed E-state index contributed by atoms with van der Waals surface area (Å²) in [5, 5.41) is 3.45. The van der Waals surface area contributed by atoms with Crippen LogP contribution in [0.1, 0.15) is 25.0 Å². The highest BCUT2D eigenvalue weighted by Crippen LogP contribution is 2.30. The molecule has 1 heterocycles.